The molecule has 0 N–H and O–H groups in total. The van der Waals surface area contributed by atoms with E-state index in [1.165, 1.54) is 5.41 Å². The minimum atomic E-state index is -3.29. The maximum atomic E-state index is 12.0. The molecule has 2 rings (SSSR count). The molecular formula is C15H12BrClO2S. The van der Waals surface area contributed by atoms with Gasteiger partial charge in [-0.05, 0) is 41.5 Å². The maximum absolute atomic E-state index is 12.0. The molecule has 0 aliphatic rings. The summed E-state index contributed by atoms with van der Waals surface area (Å²) in [4.78, 5) is 0. The van der Waals surface area contributed by atoms with Gasteiger partial charge in [0.05, 0.1) is 5.75 Å². The van der Waals surface area contributed by atoms with Gasteiger partial charge in [-0.2, -0.15) is 0 Å². The zero-order valence-corrected chi connectivity index (χ0v) is 13.6. The van der Waals surface area contributed by atoms with Gasteiger partial charge >= 0.3 is 0 Å². The maximum Gasteiger partial charge on any atom is 0.175 e. The standard InChI is InChI=1S/C15H12BrClO2S/c16-14-5-1-12(2-6-14)9-10-20(18,19)11-13-3-7-15(17)8-4-13/h1-10H,11H2. The Labute approximate surface area is 132 Å². The molecule has 0 spiro atoms. The first kappa shape index (κ1) is 15.3. The van der Waals surface area contributed by atoms with E-state index in [1.807, 2.05) is 24.3 Å². The Morgan fingerprint density at radius 2 is 1.60 bits per heavy atom. The van der Waals surface area contributed by atoms with E-state index >= 15 is 0 Å². The van der Waals surface area contributed by atoms with Crippen molar-refractivity contribution in [3.8, 4) is 0 Å². The van der Waals surface area contributed by atoms with Crippen molar-refractivity contribution < 1.29 is 8.42 Å². The molecule has 2 aromatic rings. The Kier molecular flexibility index (Phi) is 5.02. The van der Waals surface area contributed by atoms with Crippen LogP contribution >= 0.6 is 27.5 Å². The third-order valence-electron chi connectivity index (χ3n) is 2.62. The van der Waals surface area contributed by atoms with Gasteiger partial charge in [-0.1, -0.05) is 51.8 Å². The lowest BCUT2D eigenvalue weighted by Gasteiger charge is -2.00. The predicted octanol–water partition coefficient (Wildman–Crippen LogP) is 4.69. The summed E-state index contributed by atoms with van der Waals surface area (Å²) in [7, 11) is -3.29. The first-order valence-electron chi connectivity index (χ1n) is 5.85. The van der Waals surface area contributed by atoms with Gasteiger partial charge in [0, 0.05) is 14.9 Å². The molecule has 0 aliphatic heterocycles. The van der Waals surface area contributed by atoms with Crippen molar-refractivity contribution in [1.29, 1.82) is 0 Å². The van der Waals surface area contributed by atoms with Gasteiger partial charge in [0.1, 0.15) is 0 Å². The topological polar surface area (TPSA) is 34.1 Å². The molecule has 0 bridgehead atoms. The normalized spacial score (nSPS) is 11.9. The SMILES string of the molecule is O=S(=O)(C=Cc1ccc(Br)cc1)Cc1ccc(Cl)cc1. The average Bonchev–Trinajstić information content (AvgIpc) is 2.41. The fourth-order valence-electron chi connectivity index (χ4n) is 1.62. The fourth-order valence-corrected chi connectivity index (χ4v) is 3.13. The quantitative estimate of drug-likeness (QED) is 0.781. The van der Waals surface area contributed by atoms with E-state index in [-0.39, 0.29) is 5.75 Å². The van der Waals surface area contributed by atoms with E-state index in [0.717, 1.165) is 15.6 Å². The zero-order chi connectivity index (χ0) is 14.6. The predicted molar refractivity (Wildman–Crippen MR) is 87.3 cm³/mol. The van der Waals surface area contributed by atoms with Crippen LogP contribution in [0.5, 0.6) is 0 Å². The number of hydrogen-bond donors (Lipinski definition) is 0. The molecule has 20 heavy (non-hydrogen) atoms. The molecular weight excluding hydrogens is 360 g/mol. The lowest BCUT2D eigenvalue weighted by molar-refractivity contribution is 0.604. The van der Waals surface area contributed by atoms with E-state index in [9.17, 15) is 8.42 Å². The zero-order valence-electron chi connectivity index (χ0n) is 10.5. The number of benzene rings is 2. The number of halogens is 2. The molecule has 0 atom stereocenters. The van der Waals surface area contributed by atoms with Crippen molar-refractivity contribution in [2.75, 3.05) is 0 Å². The summed E-state index contributed by atoms with van der Waals surface area (Å²) < 4.78 is 24.9. The largest absolute Gasteiger partial charge is 0.224 e. The second-order valence-electron chi connectivity index (χ2n) is 4.29. The van der Waals surface area contributed by atoms with Crippen molar-refractivity contribution in [1.82, 2.24) is 0 Å². The molecule has 0 aliphatic carbocycles. The molecule has 0 radical (unpaired) electrons. The third kappa shape index (κ3) is 4.78. The number of hydrogen-bond acceptors (Lipinski definition) is 2. The Balaban J connectivity index is 2.11. The van der Waals surface area contributed by atoms with Crippen molar-refractivity contribution in [3.63, 3.8) is 0 Å². The van der Waals surface area contributed by atoms with Crippen LogP contribution in [0, 0.1) is 0 Å². The van der Waals surface area contributed by atoms with Crippen LogP contribution in [0.15, 0.2) is 58.4 Å². The summed E-state index contributed by atoms with van der Waals surface area (Å²) in [6.45, 7) is 0. The summed E-state index contributed by atoms with van der Waals surface area (Å²) in [6, 6.07) is 14.2. The summed E-state index contributed by atoms with van der Waals surface area (Å²) >= 11 is 9.10. The molecule has 0 heterocycles. The summed E-state index contributed by atoms with van der Waals surface area (Å²) in [5, 5.41) is 1.83. The van der Waals surface area contributed by atoms with E-state index in [1.54, 1.807) is 30.3 Å². The van der Waals surface area contributed by atoms with Crippen LogP contribution in [0.3, 0.4) is 0 Å². The van der Waals surface area contributed by atoms with Gasteiger partial charge in [-0.25, -0.2) is 8.42 Å². The van der Waals surface area contributed by atoms with Gasteiger partial charge in [-0.15, -0.1) is 0 Å². The van der Waals surface area contributed by atoms with Crippen molar-refractivity contribution in [2.24, 2.45) is 0 Å². The second kappa shape index (κ2) is 6.57. The second-order valence-corrected chi connectivity index (χ2v) is 7.53. The minimum Gasteiger partial charge on any atom is -0.224 e. The average molecular weight is 372 g/mol. The van der Waals surface area contributed by atoms with Crippen LogP contribution in [0.25, 0.3) is 6.08 Å². The molecule has 2 aromatic carbocycles. The van der Waals surface area contributed by atoms with E-state index in [4.69, 9.17) is 11.6 Å². The van der Waals surface area contributed by atoms with Gasteiger partial charge in [-0.3, -0.25) is 0 Å². The highest BCUT2D eigenvalue weighted by Crippen LogP contribution is 2.15. The monoisotopic (exact) mass is 370 g/mol. The van der Waals surface area contributed by atoms with Crippen LogP contribution in [-0.2, 0) is 15.6 Å². The Morgan fingerprint density at radius 1 is 1.00 bits per heavy atom. The molecule has 0 unspecified atom stereocenters. The molecule has 5 heteroatoms. The molecule has 0 amide bonds. The molecule has 0 saturated heterocycles. The Hall–Kier alpha value is -1.10. The Bertz CT molecular complexity index is 705. The molecule has 104 valence electrons. The van der Waals surface area contributed by atoms with Crippen LogP contribution in [-0.4, -0.2) is 8.42 Å². The van der Waals surface area contributed by atoms with Gasteiger partial charge in [0.25, 0.3) is 0 Å². The van der Waals surface area contributed by atoms with E-state index in [0.29, 0.717) is 5.02 Å². The lowest BCUT2D eigenvalue weighted by atomic mass is 10.2. The van der Waals surface area contributed by atoms with Gasteiger partial charge < -0.3 is 0 Å². The summed E-state index contributed by atoms with van der Waals surface area (Å²) in [5.41, 5.74) is 1.56. The first-order valence-corrected chi connectivity index (χ1v) is 8.74. The van der Waals surface area contributed by atoms with Crippen LogP contribution in [0.2, 0.25) is 5.02 Å². The van der Waals surface area contributed by atoms with Gasteiger partial charge in [0.15, 0.2) is 9.84 Å². The van der Waals surface area contributed by atoms with Crippen molar-refractivity contribution >= 4 is 43.4 Å². The van der Waals surface area contributed by atoms with Crippen LogP contribution in [0.1, 0.15) is 11.1 Å². The van der Waals surface area contributed by atoms with Gasteiger partial charge in [0.2, 0.25) is 0 Å². The molecule has 0 aromatic heterocycles. The highest BCUT2D eigenvalue weighted by atomic mass is 79.9. The molecule has 0 fully saturated rings. The van der Waals surface area contributed by atoms with Crippen LogP contribution < -0.4 is 0 Å². The number of rotatable bonds is 4. The summed E-state index contributed by atoms with van der Waals surface area (Å²) in [6.07, 6.45) is 1.59. The Morgan fingerprint density at radius 3 is 2.20 bits per heavy atom. The number of sulfone groups is 1. The third-order valence-corrected chi connectivity index (χ3v) is 4.69. The van der Waals surface area contributed by atoms with Crippen LogP contribution in [0.4, 0.5) is 0 Å². The lowest BCUT2D eigenvalue weighted by Crippen LogP contribution is -1.99. The smallest absolute Gasteiger partial charge is 0.175 e. The molecule has 0 saturated carbocycles. The van der Waals surface area contributed by atoms with Crippen molar-refractivity contribution in [3.05, 3.63) is 74.6 Å². The highest BCUT2D eigenvalue weighted by Gasteiger charge is 2.07. The van der Waals surface area contributed by atoms with E-state index < -0.39 is 9.84 Å². The van der Waals surface area contributed by atoms with Crippen molar-refractivity contribution in [2.45, 2.75) is 5.75 Å². The molecule has 2 nitrogen and oxygen atoms in total. The minimum absolute atomic E-state index is 0.0306. The summed E-state index contributed by atoms with van der Waals surface area (Å²) in [5.74, 6) is -0.0306. The van der Waals surface area contributed by atoms with E-state index in [2.05, 4.69) is 15.9 Å². The fraction of sp³-hybridized carbons (Fsp3) is 0.0667. The highest BCUT2D eigenvalue weighted by molar-refractivity contribution is 9.10. The first-order chi connectivity index (χ1) is 9.44.